The lowest BCUT2D eigenvalue weighted by atomic mass is 10.0. The Kier molecular flexibility index (Phi) is 3.55. The van der Waals surface area contributed by atoms with Crippen LogP contribution in [0, 0.1) is 0 Å². The molecule has 1 fully saturated rings. The molecule has 2 aromatic carbocycles. The molecule has 1 amide bonds. The molecule has 1 saturated heterocycles. The Morgan fingerprint density at radius 2 is 2.00 bits per heavy atom. The van der Waals surface area contributed by atoms with Gasteiger partial charge in [-0.15, -0.1) is 0 Å². The molecule has 0 bridgehead atoms. The zero-order chi connectivity index (χ0) is 15.0. The normalized spacial score (nSPS) is 18.6. The number of rotatable bonds is 2. The molecule has 0 radical (unpaired) electrons. The van der Waals surface area contributed by atoms with Crippen LogP contribution in [0.1, 0.15) is 16.8 Å². The number of benzene rings is 2. The number of carbonyl (C=O) groups excluding carboxylic acids is 1. The predicted octanol–water partition coefficient (Wildman–Crippen LogP) is 2.32. The molecule has 1 unspecified atom stereocenters. The Hall–Kier alpha value is -2.07. The van der Waals surface area contributed by atoms with Crippen molar-refractivity contribution in [1.29, 1.82) is 0 Å². The van der Waals surface area contributed by atoms with Gasteiger partial charge in [-0.2, -0.15) is 0 Å². The van der Waals surface area contributed by atoms with Crippen molar-refractivity contribution in [2.75, 3.05) is 27.2 Å². The van der Waals surface area contributed by atoms with Gasteiger partial charge in [-0.05, 0) is 32.0 Å². The van der Waals surface area contributed by atoms with E-state index >= 15 is 0 Å². The van der Waals surface area contributed by atoms with Crippen molar-refractivity contribution in [2.24, 2.45) is 0 Å². The minimum Gasteiger partial charge on any atom is -0.506 e. The molecule has 4 nitrogen and oxygen atoms in total. The van der Waals surface area contributed by atoms with Crippen LogP contribution in [0.3, 0.4) is 0 Å². The molecule has 1 atom stereocenters. The van der Waals surface area contributed by atoms with Gasteiger partial charge in [-0.3, -0.25) is 4.79 Å². The summed E-state index contributed by atoms with van der Waals surface area (Å²) in [5.41, 5.74) is 0.396. The van der Waals surface area contributed by atoms with Crippen LogP contribution < -0.4 is 0 Å². The zero-order valence-corrected chi connectivity index (χ0v) is 12.4. The number of phenolic OH excluding ortho intramolecular Hbond substituents is 1. The smallest absolute Gasteiger partial charge is 0.257 e. The predicted molar refractivity (Wildman–Crippen MR) is 83.6 cm³/mol. The molecule has 110 valence electrons. The van der Waals surface area contributed by atoms with Crippen molar-refractivity contribution in [2.45, 2.75) is 12.5 Å². The Labute approximate surface area is 124 Å². The standard InChI is InChI=1S/C17H20N2O2/c1-18(2)13-9-10-19(11-13)17(21)15-8-7-12-5-3-4-6-14(12)16(15)20/h3-8,13,20H,9-11H2,1-2H3. The maximum Gasteiger partial charge on any atom is 0.257 e. The van der Waals surface area contributed by atoms with Gasteiger partial charge in [0.05, 0.1) is 5.56 Å². The summed E-state index contributed by atoms with van der Waals surface area (Å²) in [5.74, 6) is 0.00834. The van der Waals surface area contributed by atoms with Crippen LogP contribution in [0.2, 0.25) is 0 Å². The van der Waals surface area contributed by atoms with Gasteiger partial charge in [0, 0.05) is 24.5 Å². The molecule has 0 spiro atoms. The van der Waals surface area contributed by atoms with E-state index in [1.807, 2.05) is 49.3 Å². The Balaban J connectivity index is 1.90. The first-order valence-corrected chi connectivity index (χ1v) is 7.24. The summed E-state index contributed by atoms with van der Waals surface area (Å²) in [6.45, 7) is 1.46. The summed E-state index contributed by atoms with van der Waals surface area (Å²) >= 11 is 0. The average Bonchev–Trinajstić information content (AvgIpc) is 2.97. The quantitative estimate of drug-likeness (QED) is 0.920. The molecule has 2 aromatic rings. The van der Waals surface area contributed by atoms with E-state index in [0.29, 0.717) is 11.6 Å². The van der Waals surface area contributed by atoms with Crippen LogP contribution in [0.5, 0.6) is 5.75 Å². The van der Waals surface area contributed by atoms with E-state index in [0.717, 1.165) is 30.3 Å². The molecule has 3 rings (SSSR count). The fourth-order valence-corrected chi connectivity index (χ4v) is 2.95. The number of phenols is 1. The van der Waals surface area contributed by atoms with E-state index in [-0.39, 0.29) is 11.7 Å². The molecule has 0 aliphatic carbocycles. The van der Waals surface area contributed by atoms with Crippen molar-refractivity contribution in [3.63, 3.8) is 0 Å². The van der Waals surface area contributed by atoms with Crippen LogP contribution in [-0.4, -0.2) is 54.0 Å². The molecule has 0 saturated carbocycles. The van der Waals surface area contributed by atoms with Gasteiger partial charge in [-0.25, -0.2) is 0 Å². The molecule has 21 heavy (non-hydrogen) atoms. The van der Waals surface area contributed by atoms with Crippen molar-refractivity contribution in [1.82, 2.24) is 9.80 Å². The summed E-state index contributed by atoms with van der Waals surface area (Å²) < 4.78 is 0. The second-order valence-electron chi connectivity index (χ2n) is 5.84. The third kappa shape index (κ3) is 2.47. The van der Waals surface area contributed by atoms with Gasteiger partial charge in [0.15, 0.2) is 0 Å². The highest BCUT2D eigenvalue weighted by molar-refractivity contribution is 6.03. The molecule has 1 N–H and O–H groups in total. The number of likely N-dealkylation sites (N-methyl/N-ethyl adjacent to an activating group) is 1. The molecule has 1 aliphatic heterocycles. The van der Waals surface area contributed by atoms with E-state index in [2.05, 4.69) is 4.90 Å². The molecule has 1 heterocycles. The second-order valence-corrected chi connectivity index (χ2v) is 5.84. The molecular weight excluding hydrogens is 264 g/mol. The number of likely N-dealkylation sites (tertiary alicyclic amines) is 1. The van der Waals surface area contributed by atoms with Gasteiger partial charge >= 0.3 is 0 Å². The van der Waals surface area contributed by atoms with E-state index in [1.54, 1.807) is 6.07 Å². The fraction of sp³-hybridized carbons (Fsp3) is 0.353. The highest BCUT2D eigenvalue weighted by atomic mass is 16.3. The Morgan fingerprint density at radius 1 is 1.24 bits per heavy atom. The summed E-state index contributed by atoms with van der Waals surface area (Å²) in [7, 11) is 4.07. The number of amides is 1. The van der Waals surface area contributed by atoms with Crippen molar-refractivity contribution in [3.8, 4) is 5.75 Å². The van der Waals surface area contributed by atoms with Crippen molar-refractivity contribution in [3.05, 3.63) is 42.0 Å². The summed E-state index contributed by atoms with van der Waals surface area (Å²) in [6.07, 6.45) is 0.979. The van der Waals surface area contributed by atoms with Gasteiger partial charge in [0.2, 0.25) is 0 Å². The van der Waals surface area contributed by atoms with Gasteiger partial charge in [-0.1, -0.05) is 30.3 Å². The minimum atomic E-state index is -0.0809. The lowest BCUT2D eigenvalue weighted by molar-refractivity contribution is 0.0780. The van der Waals surface area contributed by atoms with Crippen LogP contribution in [-0.2, 0) is 0 Å². The highest BCUT2D eigenvalue weighted by Gasteiger charge is 2.29. The maximum absolute atomic E-state index is 12.6. The maximum atomic E-state index is 12.6. The van der Waals surface area contributed by atoms with Gasteiger partial charge in [0.25, 0.3) is 5.91 Å². The zero-order valence-electron chi connectivity index (χ0n) is 12.4. The number of hydrogen-bond donors (Lipinski definition) is 1. The number of aromatic hydroxyl groups is 1. The van der Waals surface area contributed by atoms with E-state index < -0.39 is 0 Å². The number of hydrogen-bond acceptors (Lipinski definition) is 3. The summed E-state index contributed by atoms with van der Waals surface area (Å²) in [5, 5.41) is 12.1. The Morgan fingerprint density at radius 3 is 2.71 bits per heavy atom. The number of carbonyl (C=O) groups is 1. The molecule has 4 heteroatoms. The minimum absolute atomic E-state index is 0.0809. The molecule has 0 aromatic heterocycles. The fourth-order valence-electron chi connectivity index (χ4n) is 2.95. The lowest BCUT2D eigenvalue weighted by Gasteiger charge is -2.21. The third-order valence-electron chi connectivity index (χ3n) is 4.31. The first-order valence-electron chi connectivity index (χ1n) is 7.24. The van der Waals surface area contributed by atoms with E-state index in [1.165, 1.54) is 0 Å². The lowest BCUT2D eigenvalue weighted by Crippen LogP contribution is -2.34. The van der Waals surface area contributed by atoms with Crippen LogP contribution in [0.15, 0.2) is 36.4 Å². The molecular formula is C17H20N2O2. The molecule has 1 aliphatic rings. The van der Waals surface area contributed by atoms with Crippen LogP contribution in [0.4, 0.5) is 0 Å². The highest BCUT2D eigenvalue weighted by Crippen LogP contribution is 2.30. The van der Waals surface area contributed by atoms with Crippen molar-refractivity contribution < 1.29 is 9.90 Å². The third-order valence-corrected chi connectivity index (χ3v) is 4.31. The number of nitrogens with zero attached hydrogens (tertiary/aromatic N) is 2. The SMILES string of the molecule is CN(C)C1CCN(C(=O)c2ccc3ccccc3c2O)C1. The van der Waals surface area contributed by atoms with E-state index in [4.69, 9.17) is 0 Å². The first kappa shape index (κ1) is 13.9. The van der Waals surface area contributed by atoms with Gasteiger partial charge < -0.3 is 14.9 Å². The van der Waals surface area contributed by atoms with E-state index in [9.17, 15) is 9.90 Å². The summed E-state index contributed by atoms with van der Waals surface area (Å²) in [4.78, 5) is 16.6. The number of fused-ring (bicyclic) bond motifs is 1. The van der Waals surface area contributed by atoms with Crippen molar-refractivity contribution >= 4 is 16.7 Å². The summed E-state index contributed by atoms with van der Waals surface area (Å²) in [6, 6.07) is 11.6. The van der Waals surface area contributed by atoms with Crippen LogP contribution in [0.25, 0.3) is 10.8 Å². The second kappa shape index (κ2) is 5.37. The first-order chi connectivity index (χ1) is 10.1. The topological polar surface area (TPSA) is 43.8 Å². The van der Waals surface area contributed by atoms with Crippen LogP contribution >= 0.6 is 0 Å². The Bertz CT molecular complexity index is 682. The van der Waals surface area contributed by atoms with Gasteiger partial charge in [0.1, 0.15) is 5.75 Å². The monoisotopic (exact) mass is 284 g/mol. The largest absolute Gasteiger partial charge is 0.506 e. The average molecular weight is 284 g/mol.